The molecule has 104 valence electrons. The highest BCUT2D eigenvalue weighted by atomic mass is 16.5. The maximum atomic E-state index is 5.58. The highest BCUT2D eigenvalue weighted by Crippen LogP contribution is 2.18. The van der Waals surface area contributed by atoms with Crippen LogP contribution in [0.25, 0.3) is 6.08 Å². The van der Waals surface area contributed by atoms with Gasteiger partial charge in [0.05, 0.1) is 6.61 Å². The van der Waals surface area contributed by atoms with Crippen molar-refractivity contribution >= 4 is 6.08 Å². The van der Waals surface area contributed by atoms with Gasteiger partial charge in [0.2, 0.25) is 0 Å². The first-order valence-electron chi connectivity index (χ1n) is 7.42. The zero-order valence-corrected chi connectivity index (χ0v) is 12.1. The molecule has 1 aromatic rings. The molecule has 2 atom stereocenters. The van der Waals surface area contributed by atoms with E-state index in [2.05, 4.69) is 43.4 Å². The smallest absolute Gasteiger partial charge is 0.119 e. The van der Waals surface area contributed by atoms with E-state index in [-0.39, 0.29) is 0 Å². The third-order valence-corrected chi connectivity index (χ3v) is 3.57. The highest BCUT2D eigenvalue weighted by molar-refractivity contribution is 5.51. The molecule has 0 aromatic heterocycles. The van der Waals surface area contributed by atoms with Crippen molar-refractivity contribution in [1.29, 1.82) is 0 Å². The molecule has 1 aliphatic rings. The van der Waals surface area contributed by atoms with Crippen molar-refractivity contribution in [2.45, 2.75) is 39.2 Å². The van der Waals surface area contributed by atoms with Crippen LogP contribution in [0.2, 0.25) is 0 Å². The molecule has 1 fully saturated rings. The van der Waals surface area contributed by atoms with Gasteiger partial charge in [-0.3, -0.25) is 0 Å². The maximum absolute atomic E-state index is 5.58. The van der Waals surface area contributed by atoms with Gasteiger partial charge in [0.15, 0.2) is 0 Å². The van der Waals surface area contributed by atoms with Crippen molar-refractivity contribution < 1.29 is 4.74 Å². The summed E-state index contributed by atoms with van der Waals surface area (Å²) >= 11 is 0. The van der Waals surface area contributed by atoms with Crippen LogP contribution >= 0.6 is 0 Å². The molecule has 0 saturated carbocycles. The van der Waals surface area contributed by atoms with Crippen LogP contribution < -0.4 is 10.1 Å². The van der Waals surface area contributed by atoms with Gasteiger partial charge in [-0.1, -0.05) is 38.1 Å². The number of benzene rings is 1. The molecule has 2 rings (SSSR count). The summed E-state index contributed by atoms with van der Waals surface area (Å²) in [6.45, 7) is 6.38. The Balaban J connectivity index is 1.87. The van der Waals surface area contributed by atoms with Crippen LogP contribution in [0.4, 0.5) is 0 Å². The molecule has 0 aliphatic carbocycles. The Morgan fingerprint density at radius 3 is 2.79 bits per heavy atom. The SMILES string of the molecule is CCCOc1ccc(/C=C/C2CC(C)CCN2)cc1. The van der Waals surface area contributed by atoms with Gasteiger partial charge in [-0.05, 0) is 49.4 Å². The van der Waals surface area contributed by atoms with Gasteiger partial charge in [0.25, 0.3) is 0 Å². The molecular weight excluding hydrogens is 234 g/mol. The van der Waals surface area contributed by atoms with Crippen LogP contribution in [0.15, 0.2) is 30.3 Å². The number of ether oxygens (including phenoxy) is 1. The molecule has 2 unspecified atom stereocenters. The fraction of sp³-hybridized carbons (Fsp3) is 0.529. The van der Waals surface area contributed by atoms with Crippen LogP contribution in [0.5, 0.6) is 5.75 Å². The maximum Gasteiger partial charge on any atom is 0.119 e. The van der Waals surface area contributed by atoms with E-state index in [1.54, 1.807) is 0 Å². The number of piperidine rings is 1. The summed E-state index contributed by atoms with van der Waals surface area (Å²) in [5, 5.41) is 3.55. The van der Waals surface area contributed by atoms with Crippen molar-refractivity contribution in [3.8, 4) is 5.75 Å². The van der Waals surface area contributed by atoms with Gasteiger partial charge >= 0.3 is 0 Å². The van der Waals surface area contributed by atoms with E-state index >= 15 is 0 Å². The lowest BCUT2D eigenvalue weighted by atomic mass is 9.94. The predicted molar refractivity (Wildman–Crippen MR) is 81.5 cm³/mol. The van der Waals surface area contributed by atoms with E-state index in [0.29, 0.717) is 6.04 Å². The number of hydrogen-bond donors (Lipinski definition) is 1. The molecular formula is C17H25NO. The molecule has 0 spiro atoms. The Bertz CT molecular complexity index is 396. The number of nitrogens with one attached hydrogen (secondary N) is 1. The van der Waals surface area contributed by atoms with E-state index in [1.165, 1.54) is 18.4 Å². The third kappa shape index (κ3) is 4.71. The van der Waals surface area contributed by atoms with E-state index in [0.717, 1.165) is 31.2 Å². The molecule has 0 amide bonds. The van der Waals surface area contributed by atoms with Crippen molar-refractivity contribution in [2.24, 2.45) is 5.92 Å². The first kappa shape index (κ1) is 14.1. The molecule has 2 heteroatoms. The molecule has 0 radical (unpaired) electrons. The lowest BCUT2D eigenvalue weighted by Gasteiger charge is -2.25. The largest absolute Gasteiger partial charge is 0.494 e. The summed E-state index contributed by atoms with van der Waals surface area (Å²) in [6, 6.07) is 8.86. The van der Waals surface area contributed by atoms with Crippen LogP contribution in [-0.4, -0.2) is 19.2 Å². The number of hydrogen-bond acceptors (Lipinski definition) is 2. The van der Waals surface area contributed by atoms with E-state index < -0.39 is 0 Å². The monoisotopic (exact) mass is 259 g/mol. The second-order valence-electron chi connectivity index (χ2n) is 5.47. The molecule has 0 bridgehead atoms. The molecule has 1 heterocycles. The van der Waals surface area contributed by atoms with Gasteiger partial charge in [0.1, 0.15) is 5.75 Å². The Morgan fingerprint density at radius 2 is 2.11 bits per heavy atom. The normalized spacial score (nSPS) is 23.7. The van der Waals surface area contributed by atoms with E-state index in [1.807, 2.05) is 12.1 Å². The molecule has 2 nitrogen and oxygen atoms in total. The number of rotatable bonds is 5. The average molecular weight is 259 g/mol. The average Bonchev–Trinajstić information content (AvgIpc) is 2.44. The standard InChI is InChI=1S/C17H25NO/c1-3-12-19-17-8-5-15(6-9-17)4-7-16-13-14(2)10-11-18-16/h4-9,14,16,18H,3,10-13H2,1-2H3/b7-4+. The zero-order valence-electron chi connectivity index (χ0n) is 12.1. The topological polar surface area (TPSA) is 21.3 Å². The minimum atomic E-state index is 0.528. The van der Waals surface area contributed by atoms with Gasteiger partial charge in [0, 0.05) is 6.04 Å². The van der Waals surface area contributed by atoms with Gasteiger partial charge in [-0.25, -0.2) is 0 Å². The second-order valence-corrected chi connectivity index (χ2v) is 5.47. The van der Waals surface area contributed by atoms with Crippen molar-refractivity contribution in [2.75, 3.05) is 13.2 Å². The lowest BCUT2D eigenvalue weighted by molar-refractivity contribution is 0.317. The Kier molecular flexibility index (Phi) is 5.46. The summed E-state index contributed by atoms with van der Waals surface area (Å²) < 4.78 is 5.58. The Labute approximate surface area is 116 Å². The summed E-state index contributed by atoms with van der Waals surface area (Å²) in [7, 11) is 0. The fourth-order valence-electron chi connectivity index (χ4n) is 2.42. The fourth-order valence-corrected chi connectivity index (χ4v) is 2.42. The van der Waals surface area contributed by atoms with Gasteiger partial charge in [-0.2, -0.15) is 0 Å². The summed E-state index contributed by atoms with van der Waals surface area (Å²) in [5.74, 6) is 1.80. The van der Waals surface area contributed by atoms with Crippen molar-refractivity contribution in [3.05, 3.63) is 35.9 Å². The summed E-state index contributed by atoms with van der Waals surface area (Å²) in [4.78, 5) is 0. The van der Waals surface area contributed by atoms with Crippen LogP contribution in [-0.2, 0) is 0 Å². The minimum Gasteiger partial charge on any atom is -0.494 e. The third-order valence-electron chi connectivity index (χ3n) is 3.57. The molecule has 1 aromatic carbocycles. The Hall–Kier alpha value is -1.28. The van der Waals surface area contributed by atoms with Crippen molar-refractivity contribution in [1.82, 2.24) is 5.32 Å². The molecule has 19 heavy (non-hydrogen) atoms. The first-order valence-corrected chi connectivity index (χ1v) is 7.42. The quantitative estimate of drug-likeness (QED) is 0.866. The molecule has 1 saturated heterocycles. The summed E-state index contributed by atoms with van der Waals surface area (Å²) in [5.41, 5.74) is 1.24. The lowest BCUT2D eigenvalue weighted by Crippen LogP contribution is -2.35. The van der Waals surface area contributed by atoms with Crippen LogP contribution in [0, 0.1) is 5.92 Å². The predicted octanol–water partition coefficient (Wildman–Crippen LogP) is 3.88. The van der Waals surface area contributed by atoms with E-state index in [4.69, 9.17) is 4.74 Å². The zero-order chi connectivity index (χ0) is 13.5. The van der Waals surface area contributed by atoms with Gasteiger partial charge < -0.3 is 10.1 Å². The van der Waals surface area contributed by atoms with Gasteiger partial charge in [-0.15, -0.1) is 0 Å². The van der Waals surface area contributed by atoms with Crippen LogP contribution in [0.1, 0.15) is 38.7 Å². The first-order chi connectivity index (χ1) is 9.28. The molecule has 1 aliphatic heterocycles. The second kappa shape index (κ2) is 7.34. The van der Waals surface area contributed by atoms with E-state index in [9.17, 15) is 0 Å². The van der Waals surface area contributed by atoms with Crippen molar-refractivity contribution in [3.63, 3.8) is 0 Å². The minimum absolute atomic E-state index is 0.528. The summed E-state index contributed by atoms with van der Waals surface area (Å²) in [6.07, 6.45) is 8.09. The Morgan fingerprint density at radius 1 is 1.32 bits per heavy atom. The van der Waals surface area contributed by atoms with Crippen LogP contribution in [0.3, 0.4) is 0 Å². The molecule has 1 N–H and O–H groups in total. The highest BCUT2D eigenvalue weighted by Gasteiger charge is 2.15.